The molecule has 0 aromatic carbocycles. The summed E-state index contributed by atoms with van der Waals surface area (Å²) in [6.07, 6.45) is 4.74. The minimum Gasteiger partial charge on any atom is -0.387 e. The Morgan fingerprint density at radius 1 is 1.50 bits per heavy atom. The fourth-order valence-corrected chi connectivity index (χ4v) is 2.65. The fourth-order valence-electron chi connectivity index (χ4n) is 1.87. The lowest BCUT2D eigenvalue weighted by Crippen LogP contribution is -2.24. The minimum absolute atomic E-state index is 0.483. The molecule has 0 fully saturated rings. The molecule has 2 nitrogen and oxygen atoms in total. The van der Waals surface area contributed by atoms with E-state index in [0.717, 1.165) is 18.8 Å². The van der Waals surface area contributed by atoms with E-state index in [2.05, 4.69) is 22.5 Å². The molecular weight excluding hydrogens is 192 g/mol. The molecule has 14 heavy (non-hydrogen) atoms. The summed E-state index contributed by atoms with van der Waals surface area (Å²) in [7, 11) is 0. The lowest BCUT2D eigenvalue weighted by molar-refractivity contribution is 0.591. The van der Waals surface area contributed by atoms with E-state index < -0.39 is 0 Å². The highest BCUT2D eigenvalue weighted by Crippen LogP contribution is 2.20. The summed E-state index contributed by atoms with van der Waals surface area (Å²) in [5.74, 6) is 1.35. The van der Waals surface area contributed by atoms with Crippen LogP contribution in [0.1, 0.15) is 24.1 Å². The molecule has 0 spiro atoms. The molecule has 2 rings (SSSR count). The van der Waals surface area contributed by atoms with Crippen LogP contribution in [0.4, 0.5) is 0 Å². The standard InChI is InChI=1S/C11H16N2S/c12-11-9(4-1-2-6-13-11)8-10-5-3-7-14-10/h3,5,7,9H,1-2,4,6,8H2,(H2,12,13). The van der Waals surface area contributed by atoms with Gasteiger partial charge >= 0.3 is 0 Å². The topological polar surface area (TPSA) is 38.4 Å². The zero-order valence-corrected chi connectivity index (χ0v) is 9.09. The van der Waals surface area contributed by atoms with Gasteiger partial charge < -0.3 is 5.73 Å². The minimum atomic E-state index is 0.483. The molecule has 1 aromatic rings. The molecule has 0 bridgehead atoms. The largest absolute Gasteiger partial charge is 0.387 e. The maximum atomic E-state index is 5.95. The molecule has 0 aliphatic carbocycles. The third-order valence-electron chi connectivity index (χ3n) is 2.70. The van der Waals surface area contributed by atoms with Gasteiger partial charge in [-0.3, -0.25) is 4.99 Å². The summed E-state index contributed by atoms with van der Waals surface area (Å²) < 4.78 is 0. The summed E-state index contributed by atoms with van der Waals surface area (Å²) >= 11 is 1.81. The monoisotopic (exact) mass is 208 g/mol. The normalized spacial score (nSPS) is 22.9. The second kappa shape index (κ2) is 4.60. The Balaban J connectivity index is 2.02. The maximum absolute atomic E-state index is 5.95. The number of hydrogen-bond donors (Lipinski definition) is 1. The van der Waals surface area contributed by atoms with Gasteiger partial charge in [-0.1, -0.05) is 12.5 Å². The number of aliphatic imine (C=N–C) groups is 1. The number of amidine groups is 1. The van der Waals surface area contributed by atoms with Crippen molar-refractivity contribution in [2.24, 2.45) is 16.6 Å². The van der Waals surface area contributed by atoms with E-state index in [4.69, 9.17) is 5.73 Å². The van der Waals surface area contributed by atoms with Crippen LogP contribution in [0.5, 0.6) is 0 Å². The van der Waals surface area contributed by atoms with Crippen molar-refractivity contribution in [2.45, 2.75) is 25.7 Å². The lowest BCUT2D eigenvalue weighted by atomic mass is 9.97. The molecule has 0 amide bonds. The van der Waals surface area contributed by atoms with Gasteiger partial charge in [-0.15, -0.1) is 11.3 Å². The molecular formula is C11H16N2S. The van der Waals surface area contributed by atoms with Crippen LogP contribution in [0.2, 0.25) is 0 Å². The summed E-state index contributed by atoms with van der Waals surface area (Å²) in [5, 5.41) is 2.12. The highest BCUT2D eigenvalue weighted by molar-refractivity contribution is 7.09. The molecule has 1 aliphatic heterocycles. The van der Waals surface area contributed by atoms with Crippen LogP contribution in [0.25, 0.3) is 0 Å². The first-order chi connectivity index (χ1) is 6.86. The van der Waals surface area contributed by atoms with Gasteiger partial charge in [0.1, 0.15) is 0 Å². The number of nitrogens with two attached hydrogens (primary N) is 1. The van der Waals surface area contributed by atoms with E-state index in [1.165, 1.54) is 24.1 Å². The summed E-state index contributed by atoms with van der Waals surface area (Å²) in [4.78, 5) is 5.81. The van der Waals surface area contributed by atoms with Crippen molar-refractivity contribution in [1.82, 2.24) is 0 Å². The molecule has 2 N–H and O–H groups in total. The van der Waals surface area contributed by atoms with Crippen molar-refractivity contribution < 1.29 is 0 Å². The first-order valence-corrected chi connectivity index (χ1v) is 6.06. The van der Waals surface area contributed by atoms with Crippen LogP contribution < -0.4 is 5.73 Å². The predicted molar refractivity (Wildman–Crippen MR) is 61.9 cm³/mol. The van der Waals surface area contributed by atoms with Crippen molar-refractivity contribution in [2.75, 3.05) is 6.54 Å². The van der Waals surface area contributed by atoms with Gasteiger partial charge in [-0.05, 0) is 30.7 Å². The van der Waals surface area contributed by atoms with Gasteiger partial charge in [0.05, 0.1) is 5.84 Å². The van der Waals surface area contributed by atoms with Gasteiger partial charge in [0, 0.05) is 17.3 Å². The van der Waals surface area contributed by atoms with Crippen LogP contribution in [-0.2, 0) is 6.42 Å². The van der Waals surface area contributed by atoms with E-state index in [0.29, 0.717) is 5.92 Å². The molecule has 0 saturated heterocycles. The molecule has 3 heteroatoms. The smallest absolute Gasteiger partial charge is 0.0972 e. The third-order valence-corrected chi connectivity index (χ3v) is 3.60. The van der Waals surface area contributed by atoms with Gasteiger partial charge in [0.2, 0.25) is 0 Å². The Labute approximate surface area is 88.9 Å². The number of hydrogen-bond acceptors (Lipinski definition) is 3. The van der Waals surface area contributed by atoms with E-state index in [1.54, 1.807) is 0 Å². The van der Waals surface area contributed by atoms with Crippen LogP contribution in [-0.4, -0.2) is 12.4 Å². The van der Waals surface area contributed by atoms with Gasteiger partial charge in [-0.2, -0.15) is 0 Å². The highest BCUT2D eigenvalue weighted by Gasteiger charge is 2.16. The summed E-state index contributed by atoms with van der Waals surface area (Å²) in [6, 6.07) is 4.28. The van der Waals surface area contributed by atoms with Crippen LogP contribution in [0.3, 0.4) is 0 Å². The average Bonchev–Trinajstić information content (AvgIpc) is 2.60. The lowest BCUT2D eigenvalue weighted by Gasteiger charge is -2.12. The first kappa shape index (κ1) is 9.71. The van der Waals surface area contributed by atoms with Crippen molar-refractivity contribution in [3.05, 3.63) is 22.4 Å². The molecule has 2 heterocycles. The zero-order valence-electron chi connectivity index (χ0n) is 8.28. The second-order valence-corrected chi connectivity index (χ2v) is 4.82. The number of rotatable bonds is 2. The Kier molecular flexibility index (Phi) is 3.19. The Hall–Kier alpha value is -0.830. The Bertz CT molecular complexity index is 303. The predicted octanol–water partition coefficient (Wildman–Crippen LogP) is 2.45. The van der Waals surface area contributed by atoms with E-state index in [1.807, 2.05) is 11.3 Å². The average molecular weight is 208 g/mol. The maximum Gasteiger partial charge on any atom is 0.0972 e. The molecule has 1 aromatic heterocycles. The zero-order chi connectivity index (χ0) is 9.80. The molecule has 0 radical (unpaired) electrons. The number of nitrogens with zero attached hydrogens (tertiary/aromatic N) is 1. The van der Waals surface area contributed by atoms with Gasteiger partial charge in [0.25, 0.3) is 0 Å². The Morgan fingerprint density at radius 2 is 2.43 bits per heavy atom. The fraction of sp³-hybridized carbons (Fsp3) is 0.545. The molecule has 76 valence electrons. The third kappa shape index (κ3) is 2.35. The van der Waals surface area contributed by atoms with Gasteiger partial charge in [0.15, 0.2) is 0 Å². The number of thiophene rings is 1. The molecule has 0 saturated carbocycles. The first-order valence-electron chi connectivity index (χ1n) is 5.18. The van der Waals surface area contributed by atoms with Crippen molar-refractivity contribution in [3.63, 3.8) is 0 Å². The highest BCUT2D eigenvalue weighted by atomic mass is 32.1. The molecule has 1 aliphatic rings. The van der Waals surface area contributed by atoms with E-state index in [9.17, 15) is 0 Å². The van der Waals surface area contributed by atoms with Crippen molar-refractivity contribution in [3.8, 4) is 0 Å². The summed E-state index contributed by atoms with van der Waals surface area (Å²) in [5.41, 5.74) is 5.95. The molecule has 1 unspecified atom stereocenters. The van der Waals surface area contributed by atoms with Crippen molar-refractivity contribution in [1.29, 1.82) is 0 Å². The van der Waals surface area contributed by atoms with Gasteiger partial charge in [-0.25, -0.2) is 0 Å². The van der Waals surface area contributed by atoms with Crippen LogP contribution in [0, 0.1) is 5.92 Å². The van der Waals surface area contributed by atoms with E-state index >= 15 is 0 Å². The Morgan fingerprint density at radius 3 is 3.21 bits per heavy atom. The van der Waals surface area contributed by atoms with Crippen LogP contribution >= 0.6 is 11.3 Å². The summed E-state index contributed by atoms with van der Waals surface area (Å²) in [6.45, 7) is 0.923. The van der Waals surface area contributed by atoms with Crippen molar-refractivity contribution >= 4 is 17.2 Å². The van der Waals surface area contributed by atoms with Crippen LogP contribution in [0.15, 0.2) is 22.5 Å². The SMILES string of the molecule is NC1=NCCCCC1Cc1cccs1. The molecule has 1 atom stereocenters. The second-order valence-electron chi connectivity index (χ2n) is 3.78. The quantitative estimate of drug-likeness (QED) is 0.796. The van der Waals surface area contributed by atoms with E-state index in [-0.39, 0.29) is 0 Å².